The van der Waals surface area contributed by atoms with Crippen LogP contribution in [0.3, 0.4) is 0 Å². The van der Waals surface area contributed by atoms with Gasteiger partial charge in [-0.25, -0.2) is 0 Å². The lowest BCUT2D eigenvalue weighted by Crippen LogP contribution is -2.01. The van der Waals surface area contributed by atoms with Crippen molar-refractivity contribution in [3.63, 3.8) is 0 Å². The topological polar surface area (TPSA) is 68.6 Å². The number of hydrogen-bond acceptors (Lipinski definition) is 6. The number of rotatable bonds is 6. The van der Waals surface area contributed by atoms with Gasteiger partial charge in [-0.2, -0.15) is 16.6 Å². The number of Topliss-reactive ketones (excluding diaryl/α,β-unsaturated/α-hetero) is 1. The van der Waals surface area contributed by atoms with Crippen LogP contribution in [0.1, 0.15) is 15.9 Å². The molecule has 0 bridgehead atoms. The van der Waals surface area contributed by atoms with E-state index in [4.69, 9.17) is 14.2 Å². The predicted molar refractivity (Wildman–Crippen MR) is 88.3 cm³/mol. The highest BCUT2D eigenvalue weighted by Gasteiger charge is 2.16. The summed E-state index contributed by atoms with van der Waals surface area (Å²) in [5.74, 6) is 1.14. The van der Waals surface area contributed by atoms with Crippen LogP contribution >= 0.6 is 11.3 Å². The summed E-state index contributed by atoms with van der Waals surface area (Å²) >= 11 is 1.40. The lowest BCUT2D eigenvalue weighted by Gasteiger charge is -2.12. The van der Waals surface area contributed by atoms with Crippen LogP contribution < -0.4 is 14.2 Å². The molecule has 6 heteroatoms. The number of carbonyl (C=O) groups is 1. The van der Waals surface area contributed by atoms with Gasteiger partial charge in [0.1, 0.15) is 17.4 Å². The van der Waals surface area contributed by atoms with Gasteiger partial charge in [0.05, 0.1) is 21.3 Å². The van der Waals surface area contributed by atoms with E-state index in [2.05, 4.69) is 0 Å². The Hall–Kier alpha value is -2.78. The molecule has 1 aromatic carbocycles. The number of thiophene rings is 1. The van der Waals surface area contributed by atoms with Crippen molar-refractivity contribution in [2.24, 2.45) is 0 Å². The van der Waals surface area contributed by atoms with Crippen molar-refractivity contribution in [2.45, 2.75) is 0 Å². The first-order valence-electron chi connectivity index (χ1n) is 6.63. The van der Waals surface area contributed by atoms with Crippen LogP contribution in [0.2, 0.25) is 0 Å². The van der Waals surface area contributed by atoms with E-state index in [-0.39, 0.29) is 11.4 Å². The molecule has 0 atom stereocenters. The second-order valence-electron chi connectivity index (χ2n) is 4.46. The van der Waals surface area contributed by atoms with E-state index >= 15 is 0 Å². The number of ether oxygens (including phenoxy) is 3. The number of methoxy groups -OCH3 is 3. The van der Waals surface area contributed by atoms with E-state index in [1.165, 1.54) is 38.7 Å². The molecule has 5 nitrogen and oxygen atoms in total. The summed E-state index contributed by atoms with van der Waals surface area (Å²) in [6.07, 6.45) is 1.49. The minimum Gasteiger partial charge on any atom is -0.496 e. The molecule has 0 spiro atoms. The molecular formula is C17H15NO4S. The molecule has 0 amide bonds. The summed E-state index contributed by atoms with van der Waals surface area (Å²) in [7, 11) is 4.54. The third-order valence-electron chi connectivity index (χ3n) is 3.18. The number of hydrogen-bond donors (Lipinski definition) is 0. The second kappa shape index (κ2) is 7.47. The summed E-state index contributed by atoms with van der Waals surface area (Å²) in [6, 6.07) is 6.94. The van der Waals surface area contributed by atoms with Crippen molar-refractivity contribution in [1.82, 2.24) is 0 Å². The Labute approximate surface area is 138 Å². The lowest BCUT2D eigenvalue weighted by molar-refractivity contribution is 0.104. The van der Waals surface area contributed by atoms with Crippen molar-refractivity contribution in [1.29, 1.82) is 5.26 Å². The molecule has 0 unspecified atom stereocenters. The molecule has 2 aromatic rings. The monoisotopic (exact) mass is 329 g/mol. The van der Waals surface area contributed by atoms with Crippen LogP contribution in [0.4, 0.5) is 0 Å². The minimum atomic E-state index is -0.328. The van der Waals surface area contributed by atoms with Crippen molar-refractivity contribution in [2.75, 3.05) is 21.3 Å². The predicted octanol–water partition coefficient (Wildman–Crippen LogP) is 3.56. The lowest BCUT2D eigenvalue weighted by atomic mass is 10.0. The molecule has 0 N–H and O–H groups in total. The Kier molecular flexibility index (Phi) is 5.39. The summed E-state index contributed by atoms with van der Waals surface area (Å²) in [5, 5.41) is 12.8. The molecule has 0 aliphatic heterocycles. The fourth-order valence-electron chi connectivity index (χ4n) is 2.02. The number of carbonyl (C=O) groups excluding carboxylic acids is 1. The molecule has 0 saturated carbocycles. The van der Waals surface area contributed by atoms with Gasteiger partial charge < -0.3 is 14.2 Å². The maximum absolute atomic E-state index is 12.3. The number of ketones is 1. The van der Waals surface area contributed by atoms with Crippen LogP contribution in [-0.4, -0.2) is 27.1 Å². The number of allylic oxidation sites excluding steroid dienone is 1. The van der Waals surface area contributed by atoms with Crippen LogP contribution in [0, 0.1) is 11.3 Å². The molecule has 0 radical (unpaired) electrons. The van der Waals surface area contributed by atoms with E-state index in [0.717, 1.165) is 0 Å². The van der Waals surface area contributed by atoms with Gasteiger partial charge in [0, 0.05) is 22.6 Å². The molecule has 0 saturated heterocycles. The smallest absolute Gasteiger partial charge is 0.204 e. The van der Waals surface area contributed by atoms with Crippen LogP contribution in [-0.2, 0) is 0 Å². The Balaban J connectivity index is 2.51. The summed E-state index contributed by atoms with van der Waals surface area (Å²) in [4.78, 5) is 12.3. The van der Waals surface area contributed by atoms with Gasteiger partial charge in [0.15, 0.2) is 11.5 Å². The van der Waals surface area contributed by atoms with E-state index < -0.39 is 0 Å². The van der Waals surface area contributed by atoms with Crippen LogP contribution in [0.25, 0.3) is 6.08 Å². The number of benzene rings is 1. The third-order valence-corrected chi connectivity index (χ3v) is 3.87. The zero-order valence-corrected chi connectivity index (χ0v) is 13.8. The fourth-order valence-corrected chi connectivity index (χ4v) is 2.65. The molecule has 23 heavy (non-hydrogen) atoms. The van der Waals surface area contributed by atoms with Crippen LogP contribution in [0.5, 0.6) is 17.2 Å². The quantitative estimate of drug-likeness (QED) is 0.460. The van der Waals surface area contributed by atoms with Gasteiger partial charge >= 0.3 is 0 Å². The van der Waals surface area contributed by atoms with Gasteiger partial charge in [0.2, 0.25) is 5.78 Å². The Morgan fingerprint density at radius 2 is 1.78 bits per heavy atom. The Morgan fingerprint density at radius 3 is 2.30 bits per heavy atom. The van der Waals surface area contributed by atoms with E-state index in [1.54, 1.807) is 29.0 Å². The Morgan fingerprint density at radius 1 is 1.13 bits per heavy atom. The number of nitrogens with zero attached hydrogens (tertiary/aromatic N) is 1. The normalized spacial score (nSPS) is 10.8. The average molecular weight is 329 g/mol. The first kappa shape index (κ1) is 16.6. The highest BCUT2D eigenvalue weighted by atomic mass is 32.1. The molecule has 1 heterocycles. The van der Waals surface area contributed by atoms with Crippen molar-refractivity contribution in [3.8, 4) is 23.3 Å². The van der Waals surface area contributed by atoms with Gasteiger partial charge in [-0.3, -0.25) is 4.79 Å². The second-order valence-corrected chi connectivity index (χ2v) is 5.24. The zero-order chi connectivity index (χ0) is 16.8. The zero-order valence-electron chi connectivity index (χ0n) is 13.0. The van der Waals surface area contributed by atoms with Crippen molar-refractivity contribution in [3.05, 3.63) is 45.7 Å². The van der Waals surface area contributed by atoms with E-state index in [9.17, 15) is 10.1 Å². The first-order valence-corrected chi connectivity index (χ1v) is 7.57. The maximum atomic E-state index is 12.3. The van der Waals surface area contributed by atoms with Gasteiger partial charge in [-0.1, -0.05) is 0 Å². The average Bonchev–Trinajstić information content (AvgIpc) is 3.12. The van der Waals surface area contributed by atoms with Gasteiger partial charge in [-0.05, 0) is 23.6 Å². The van der Waals surface area contributed by atoms with Gasteiger partial charge in [0.25, 0.3) is 0 Å². The first-order chi connectivity index (χ1) is 11.1. The molecule has 0 fully saturated rings. The maximum Gasteiger partial charge on any atom is 0.204 e. The number of nitriles is 1. The molecular weight excluding hydrogens is 314 g/mol. The molecule has 2 rings (SSSR count). The largest absolute Gasteiger partial charge is 0.496 e. The van der Waals surface area contributed by atoms with E-state index in [0.29, 0.717) is 28.4 Å². The standard InChI is InChI=1S/C17H15NO4S/c1-20-14-8-16(22-3)15(21-2)7-12(14)6-13(9-18)17(19)11-4-5-23-10-11/h4-8,10H,1-3H3/b13-6+. The summed E-state index contributed by atoms with van der Waals surface area (Å²) in [6.45, 7) is 0. The van der Waals surface area contributed by atoms with E-state index in [1.807, 2.05) is 6.07 Å². The third kappa shape index (κ3) is 3.52. The molecule has 118 valence electrons. The molecule has 0 aliphatic rings. The van der Waals surface area contributed by atoms with Crippen LogP contribution in [0.15, 0.2) is 34.5 Å². The highest BCUT2D eigenvalue weighted by molar-refractivity contribution is 7.08. The minimum absolute atomic E-state index is 0.0221. The van der Waals surface area contributed by atoms with Gasteiger partial charge in [-0.15, -0.1) is 0 Å². The summed E-state index contributed by atoms with van der Waals surface area (Å²) in [5.41, 5.74) is 1.07. The fraction of sp³-hybridized carbons (Fsp3) is 0.176. The Bertz CT molecular complexity index is 773. The SMILES string of the molecule is COc1cc(OC)c(OC)cc1/C=C(\C#N)C(=O)c1ccsc1. The highest BCUT2D eigenvalue weighted by Crippen LogP contribution is 2.35. The summed E-state index contributed by atoms with van der Waals surface area (Å²) < 4.78 is 15.8. The molecule has 1 aromatic heterocycles. The molecule has 0 aliphatic carbocycles. The van der Waals surface area contributed by atoms with Crippen molar-refractivity contribution < 1.29 is 19.0 Å². The van der Waals surface area contributed by atoms with Crippen molar-refractivity contribution >= 4 is 23.2 Å².